The van der Waals surface area contributed by atoms with E-state index in [4.69, 9.17) is 34.8 Å². The summed E-state index contributed by atoms with van der Waals surface area (Å²) < 4.78 is -1.72. The summed E-state index contributed by atoms with van der Waals surface area (Å²) in [6.45, 7) is 7.80. The number of alkyl halides is 3. The van der Waals surface area contributed by atoms with Crippen LogP contribution in [0.15, 0.2) is 29.2 Å². The summed E-state index contributed by atoms with van der Waals surface area (Å²) in [5, 5.41) is 3.21. The van der Waals surface area contributed by atoms with Crippen LogP contribution in [0.2, 0.25) is 0 Å². The fourth-order valence-electron chi connectivity index (χ4n) is 2.32. The van der Waals surface area contributed by atoms with E-state index in [-0.39, 0.29) is 5.82 Å². The molecule has 1 heterocycles. The van der Waals surface area contributed by atoms with Crippen molar-refractivity contribution in [1.29, 1.82) is 0 Å². The van der Waals surface area contributed by atoms with Crippen LogP contribution in [0.4, 0.5) is 5.95 Å². The number of likely N-dealkylation sites (N-methyl/N-ethyl adjacent to an activating group) is 1. The Hall–Kier alpha value is -0.790. The Morgan fingerprint density at radius 2 is 1.69 bits per heavy atom. The van der Waals surface area contributed by atoms with E-state index >= 15 is 0 Å². The largest absolute Gasteiger partial charge is 0.353 e. The Labute approximate surface area is 173 Å². The molecule has 0 amide bonds. The second kappa shape index (κ2) is 9.95. The number of hydrogen-bond donors (Lipinski definition) is 1. The molecular formula is C17H22Cl3N5S. The Morgan fingerprint density at radius 1 is 1.04 bits per heavy atom. The first kappa shape index (κ1) is 21.5. The SMILES string of the molecule is CCN(CC)CCNc1nc(-c2ccc(SC)cc2)nc(C(Cl)(Cl)Cl)n1. The Balaban J connectivity index is 2.27. The number of thioether (sulfide) groups is 1. The molecule has 26 heavy (non-hydrogen) atoms. The number of nitrogens with zero attached hydrogens (tertiary/aromatic N) is 4. The Kier molecular flexibility index (Phi) is 8.23. The highest BCUT2D eigenvalue weighted by molar-refractivity contribution is 7.98. The molecule has 1 aromatic carbocycles. The Bertz CT molecular complexity index is 703. The fraction of sp³-hybridized carbons (Fsp3) is 0.471. The van der Waals surface area contributed by atoms with Crippen LogP contribution in [-0.4, -0.2) is 52.3 Å². The van der Waals surface area contributed by atoms with Crippen molar-refractivity contribution in [2.75, 3.05) is 37.8 Å². The molecule has 0 aliphatic rings. The van der Waals surface area contributed by atoms with Crippen LogP contribution in [0, 0.1) is 0 Å². The molecule has 1 aromatic heterocycles. The minimum atomic E-state index is -1.72. The maximum absolute atomic E-state index is 6.01. The van der Waals surface area contributed by atoms with Crippen LogP contribution < -0.4 is 5.32 Å². The molecule has 0 fully saturated rings. The summed E-state index contributed by atoms with van der Waals surface area (Å²) in [5.41, 5.74) is 0.840. The van der Waals surface area contributed by atoms with Gasteiger partial charge < -0.3 is 10.2 Å². The highest BCUT2D eigenvalue weighted by atomic mass is 35.6. The van der Waals surface area contributed by atoms with Gasteiger partial charge in [-0.3, -0.25) is 0 Å². The van der Waals surface area contributed by atoms with Crippen molar-refractivity contribution in [3.63, 3.8) is 0 Å². The van der Waals surface area contributed by atoms with Gasteiger partial charge in [-0.2, -0.15) is 9.97 Å². The van der Waals surface area contributed by atoms with E-state index in [1.165, 1.54) is 0 Å². The van der Waals surface area contributed by atoms with Gasteiger partial charge >= 0.3 is 0 Å². The quantitative estimate of drug-likeness (QED) is 0.474. The first-order valence-electron chi connectivity index (χ1n) is 8.31. The van der Waals surface area contributed by atoms with Gasteiger partial charge in [-0.05, 0) is 31.5 Å². The van der Waals surface area contributed by atoms with Gasteiger partial charge in [0.1, 0.15) is 0 Å². The topological polar surface area (TPSA) is 53.9 Å². The summed E-state index contributed by atoms with van der Waals surface area (Å²) in [5.74, 6) is 0.975. The number of anilines is 1. The molecule has 0 aliphatic heterocycles. The summed E-state index contributed by atoms with van der Waals surface area (Å²) in [7, 11) is 0. The van der Waals surface area contributed by atoms with E-state index in [0.29, 0.717) is 18.3 Å². The van der Waals surface area contributed by atoms with Crippen molar-refractivity contribution in [2.45, 2.75) is 22.5 Å². The van der Waals surface area contributed by atoms with Crippen molar-refractivity contribution in [1.82, 2.24) is 19.9 Å². The number of aromatic nitrogens is 3. The molecule has 0 radical (unpaired) electrons. The number of benzene rings is 1. The minimum Gasteiger partial charge on any atom is -0.353 e. The molecule has 5 nitrogen and oxygen atoms in total. The lowest BCUT2D eigenvalue weighted by atomic mass is 10.2. The molecule has 0 unspecified atom stereocenters. The maximum atomic E-state index is 6.01. The van der Waals surface area contributed by atoms with Gasteiger partial charge in [0, 0.05) is 23.5 Å². The average molecular weight is 435 g/mol. The number of nitrogens with one attached hydrogen (secondary N) is 1. The molecule has 0 saturated carbocycles. The van der Waals surface area contributed by atoms with Gasteiger partial charge in [0.15, 0.2) is 11.6 Å². The van der Waals surface area contributed by atoms with Crippen molar-refractivity contribution < 1.29 is 0 Å². The molecule has 0 spiro atoms. The summed E-state index contributed by atoms with van der Waals surface area (Å²) in [6.07, 6.45) is 2.02. The standard InChI is InChI=1S/C17H22Cl3N5S/c1-4-25(5-2)11-10-21-16-23-14(22-15(24-16)17(18,19)20)12-6-8-13(26-3)9-7-12/h6-9H,4-5,10-11H2,1-3H3,(H,21,22,23,24). The van der Waals surface area contributed by atoms with Crippen molar-refractivity contribution in [2.24, 2.45) is 0 Å². The zero-order chi connectivity index (χ0) is 19.2. The van der Waals surface area contributed by atoms with E-state index in [0.717, 1.165) is 30.1 Å². The van der Waals surface area contributed by atoms with E-state index in [9.17, 15) is 0 Å². The van der Waals surface area contributed by atoms with Crippen LogP contribution >= 0.6 is 46.6 Å². The maximum Gasteiger partial charge on any atom is 0.250 e. The second-order valence-corrected chi connectivity index (χ2v) is 8.65. The van der Waals surface area contributed by atoms with Gasteiger partial charge in [0.2, 0.25) is 9.74 Å². The smallest absolute Gasteiger partial charge is 0.250 e. The van der Waals surface area contributed by atoms with Crippen molar-refractivity contribution >= 4 is 52.5 Å². The normalized spacial score (nSPS) is 11.8. The van der Waals surface area contributed by atoms with Crippen LogP contribution in [0.1, 0.15) is 19.7 Å². The number of halogens is 3. The third kappa shape index (κ3) is 6.13. The van der Waals surface area contributed by atoms with Gasteiger partial charge in [0.05, 0.1) is 0 Å². The second-order valence-electron chi connectivity index (χ2n) is 5.49. The molecular weight excluding hydrogens is 413 g/mol. The summed E-state index contributed by atoms with van der Waals surface area (Å²) in [4.78, 5) is 16.5. The fourth-order valence-corrected chi connectivity index (χ4v) is 2.98. The van der Waals surface area contributed by atoms with Gasteiger partial charge in [-0.1, -0.05) is 60.8 Å². The van der Waals surface area contributed by atoms with Crippen LogP contribution in [0.5, 0.6) is 0 Å². The van der Waals surface area contributed by atoms with Gasteiger partial charge in [-0.25, -0.2) is 4.98 Å². The van der Waals surface area contributed by atoms with Crippen molar-refractivity contribution in [3.8, 4) is 11.4 Å². The Morgan fingerprint density at radius 3 is 2.23 bits per heavy atom. The lowest BCUT2D eigenvalue weighted by Gasteiger charge is -2.18. The molecule has 1 N–H and O–H groups in total. The predicted molar refractivity (Wildman–Crippen MR) is 113 cm³/mol. The van der Waals surface area contributed by atoms with Gasteiger partial charge in [-0.15, -0.1) is 11.8 Å². The molecule has 0 aliphatic carbocycles. The lowest BCUT2D eigenvalue weighted by molar-refractivity contribution is 0.316. The van der Waals surface area contributed by atoms with E-state index < -0.39 is 3.79 Å². The van der Waals surface area contributed by atoms with Crippen LogP contribution in [-0.2, 0) is 3.79 Å². The summed E-state index contributed by atoms with van der Waals surface area (Å²) >= 11 is 19.7. The average Bonchev–Trinajstić information content (AvgIpc) is 2.64. The third-order valence-corrected chi connectivity index (χ3v) is 5.09. The first-order chi connectivity index (χ1) is 12.4. The zero-order valence-electron chi connectivity index (χ0n) is 15.0. The molecule has 2 aromatic rings. The number of rotatable bonds is 8. The lowest BCUT2D eigenvalue weighted by Crippen LogP contribution is -2.29. The van der Waals surface area contributed by atoms with E-state index in [1.54, 1.807) is 11.8 Å². The molecule has 0 atom stereocenters. The third-order valence-electron chi connectivity index (χ3n) is 3.84. The highest BCUT2D eigenvalue weighted by Crippen LogP contribution is 2.36. The zero-order valence-corrected chi connectivity index (χ0v) is 18.1. The molecule has 0 bridgehead atoms. The van der Waals surface area contributed by atoms with Crippen LogP contribution in [0.25, 0.3) is 11.4 Å². The highest BCUT2D eigenvalue weighted by Gasteiger charge is 2.28. The molecule has 142 valence electrons. The summed E-state index contributed by atoms with van der Waals surface area (Å²) in [6, 6.07) is 7.91. The minimum absolute atomic E-state index is 0.104. The molecule has 0 saturated heterocycles. The predicted octanol–water partition coefficient (Wildman–Crippen LogP) is 4.84. The monoisotopic (exact) mass is 433 g/mol. The molecule has 9 heteroatoms. The molecule has 2 rings (SSSR count). The van der Waals surface area contributed by atoms with E-state index in [1.807, 2.05) is 30.5 Å². The first-order valence-corrected chi connectivity index (χ1v) is 10.7. The number of hydrogen-bond acceptors (Lipinski definition) is 6. The van der Waals surface area contributed by atoms with Crippen LogP contribution in [0.3, 0.4) is 0 Å². The van der Waals surface area contributed by atoms with E-state index in [2.05, 4.69) is 39.0 Å². The van der Waals surface area contributed by atoms with Crippen molar-refractivity contribution in [3.05, 3.63) is 30.1 Å². The van der Waals surface area contributed by atoms with Gasteiger partial charge in [0.25, 0.3) is 0 Å².